The van der Waals surface area contributed by atoms with E-state index in [0.29, 0.717) is 30.4 Å². The van der Waals surface area contributed by atoms with Crippen LogP contribution in [0.5, 0.6) is 0 Å². The fourth-order valence-corrected chi connectivity index (χ4v) is 5.13. The Labute approximate surface area is 244 Å². The minimum Gasteiger partial charge on any atom is -0.460 e. The van der Waals surface area contributed by atoms with Gasteiger partial charge in [0.1, 0.15) is 23.8 Å². The molecule has 0 radical (unpaired) electrons. The zero-order valence-corrected chi connectivity index (χ0v) is 23.4. The molecule has 2 aromatic rings. The van der Waals surface area contributed by atoms with E-state index in [1.807, 2.05) is 6.92 Å². The van der Waals surface area contributed by atoms with Crippen molar-refractivity contribution in [1.29, 1.82) is 0 Å². The van der Waals surface area contributed by atoms with E-state index >= 15 is 0 Å². The van der Waals surface area contributed by atoms with Crippen LogP contribution < -0.4 is 0 Å². The Balaban J connectivity index is 1.50. The van der Waals surface area contributed by atoms with Crippen LogP contribution >= 0.6 is 0 Å². The van der Waals surface area contributed by atoms with Crippen LogP contribution in [-0.2, 0) is 28.6 Å². The molecule has 0 aromatic heterocycles. The summed E-state index contributed by atoms with van der Waals surface area (Å²) in [6.45, 7) is 1.84. The first-order chi connectivity index (χ1) is 20.2. The van der Waals surface area contributed by atoms with Gasteiger partial charge in [0.2, 0.25) is 0 Å². The summed E-state index contributed by atoms with van der Waals surface area (Å²) in [6.07, 6.45) is 14.3. The summed E-state index contributed by atoms with van der Waals surface area (Å²) in [5, 5.41) is 0. The van der Waals surface area contributed by atoms with Gasteiger partial charge in [-0.25, -0.2) is 23.2 Å². The smallest absolute Gasteiger partial charge is 0.331 e. The molecule has 2 aliphatic rings. The molecule has 5 atom stereocenters. The van der Waals surface area contributed by atoms with Crippen LogP contribution in [0.2, 0.25) is 0 Å². The maximum Gasteiger partial charge on any atom is 0.331 e. The van der Waals surface area contributed by atoms with Crippen molar-refractivity contribution in [3.8, 4) is 0 Å². The molecule has 1 aliphatic heterocycles. The zero-order valence-electron chi connectivity index (χ0n) is 23.4. The van der Waals surface area contributed by atoms with Gasteiger partial charge in [-0.2, -0.15) is 0 Å². The second-order valence-corrected chi connectivity index (χ2v) is 10.5. The van der Waals surface area contributed by atoms with Crippen molar-refractivity contribution in [1.82, 2.24) is 0 Å². The maximum absolute atomic E-state index is 13.2. The van der Waals surface area contributed by atoms with Gasteiger partial charge < -0.3 is 14.2 Å². The number of esters is 3. The van der Waals surface area contributed by atoms with E-state index in [4.69, 9.17) is 14.2 Å². The largest absolute Gasteiger partial charge is 0.460 e. The molecule has 8 heteroatoms. The minimum absolute atomic E-state index is 0.0818. The lowest BCUT2D eigenvalue weighted by molar-refractivity contribution is -0.146. The fourth-order valence-electron chi connectivity index (χ4n) is 5.13. The van der Waals surface area contributed by atoms with Crippen molar-refractivity contribution in [3.05, 3.63) is 108 Å². The highest BCUT2D eigenvalue weighted by atomic mass is 19.1. The molecular formula is C34H34F2O6. The quantitative estimate of drug-likeness (QED) is 0.164. The van der Waals surface area contributed by atoms with Gasteiger partial charge in [0.05, 0.1) is 6.10 Å². The lowest BCUT2D eigenvalue weighted by Gasteiger charge is -2.24. The van der Waals surface area contributed by atoms with E-state index in [-0.39, 0.29) is 29.6 Å². The van der Waals surface area contributed by atoms with Gasteiger partial charge >= 0.3 is 17.9 Å². The van der Waals surface area contributed by atoms with Crippen LogP contribution in [-0.4, -0.2) is 36.2 Å². The van der Waals surface area contributed by atoms with Gasteiger partial charge in [-0.15, -0.1) is 0 Å². The van der Waals surface area contributed by atoms with Crippen LogP contribution in [0.3, 0.4) is 0 Å². The lowest BCUT2D eigenvalue weighted by atomic mass is 9.89. The standard InChI is InChI=1S/C34H34F2O6/c1-23-5-3-2-4-6-26-21-29(41-33(38)18-11-24-7-13-27(35)14-8-24)22-30(26)31(17-20-32(37)40-23)42-34(39)19-12-25-9-15-28(36)16-10-25/h4,6-20,23,26,29-31H,2-3,5,21-22H2,1H3/b6-4+,18-11+,19-12+,20-17+/t23-,26+,29-,30+,31+/m0/s1. The van der Waals surface area contributed by atoms with E-state index in [2.05, 4.69) is 12.2 Å². The molecule has 2 aromatic carbocycles. The molecule has 0 spiro atoms. The van der Waals surface area contributed by atoms with Gasteiger partial charge in [0, 0.05) is 24.1 Å². The highest BCUT2D eigenvalue weighted by molar-refractivity contribution is 5.88. The van der Waals surface area contributed by atoms with Crippen LogP contribution in [0.4, 0.5) is 8.78 Å². The molecule has 0 bridgehead atoms. The van der Waals surface area contributed by atoms with E-state index in [1.54, 1.807) is 18.2 Å². The normalized spacial score (nSPS) is 26.4. The maximum atomic E-state index is 13.2. The van der Waals surface area contributed by atoms with Crippen LogP contribution in [0.25, 0.3) is 12.2 Å². The van der Waals surface area contributed by atoms with Crippen LogP contribution in [0.1, 0.15) is 50.2 Å². The first kappa shape index (κ1) is 30.6. The first-order valence-corrected chi connectivity index (χ1v) is 14.1. The van der Waals surface area contributed by atoms with Gasteiger partial charge in [0.25, 0.3) is 0 Å². The molecule has 1 aliphatic carbocycles. The SMILES string of the molecule is C[C@H]1CCC/C=C/[C@@H]2C[C@H](OC(=O)/C=C/c3ccc(F)cc3)C[C@H]2[C@H](OC(=O)/C=C/c2ccc(F)cc2)/C=C/C(=O)O1. The minimum atomic E-state index is -0.799. The number of cyclic esters (lactones) is 1. The van der Waals surface area contributed by atoms with Gasteiger partial charge in [-0.1, -0.05) is 36.4 Å². The van der Waals surface area contributed by atoms with Gasteiger partial charge in [0.15, 0.2) is 0 Å². The Morgan fingerprint density at radius 1 is 0.857 bits per heavy atom. The number of hydrogen-bond acceptors (Lipinski definition) is 6. The summed E-state index contributed by atoms with van der Waals surface area (Å²) in [5.74, 6) is -2.80. The van der Waals surface area contributed by atoms with Crippen LogP contribution in [0, 0.1) is 23.5 Å². The Morgan fingerprint density at radius 3 is 2.07 bits per heavy atom. The second kappa shape index (κ2) is 15.1. The van der Waals surface area contributed by atoms with Crippen molar-refractivity contribution in [2.75, 3.05) is 0 Å². The number of benzene rings is 2. The number of hydrogen-bond donors (Lipinski definition) is 0. The molecule has 1 saturated carbocycles. The summed E-state index contributed by atoms with van der Waals surface area (Å²) in [5.41, 5.74) is 1.28. The van der Waals surface area contributed by atoms with Crippen molar-refractivity contribution < 1.29 is 37.4 Å². The summed E-state index contributed by atoms with van der Waals surface area (Å²) in [4.78, 5) is 37.9. The number of carbonyl (C=O) groups is 3. The molecule has 4 rings (SSSR count). The Kier molecular flexibility index (Phi) is 11.0. The third-order valence-electron chi connectivity index (χ3n) is 7.24. The predicted octanol–water partition coefficient (Wildman–Crippen LogP) is 6.77. The lowest BCUT2D eigenvalue weighted by Crippen LogP contribution is -2.27. The molecule has 1 fully saturated rings. The third kappa shape index (κ3) is 9.65. The molecule has 6 nitrogen and oxygen atoms in total. The Morgan fingerprint density at radius 2 is 1.45 bits per heavy atom. The van der Waals surface area contributed by atoms with Crippen molar-refractivity contribution in [3.63, 3.8) is 0 Å². The molecule has 0 unspecified atom stereocenters. The number of halogens is 2. The van der Waals surface area contributed by atoms with Crippen LogP contribution in [0.15, 0.2) is 85.0 Å². The average Bonchev–Trinajstić information content (AvgIpc) is 3.36. The molecule has 42 heavy (non-hydrogen) atoms. The van der Waals surface area contributed by atoms with E-state index in [9.17, 15) is 23.2 Å². The fraction of sp³-hybridized carbons (Fsp3) is 0.324. The molecular weight excluding hydrogens is 542 g/mol. The zero-order chi connectivity index (χ0) is 29.9. The highest BCUT2D eigenvalue weighted by Gasteiger charge is 2.40. The predicted molar refractivity (Wildman–Crippen MR) is 155 cm³/mol. The number of rotatable bonds is 6. The number of allylic oxidation sites excluding steroid dienone is 2. The number of carbonyl (C=O) groups excluding carboxylic acids is 3. The highest BCUT2D eigenvalue weighted by Crippen LogP contribution is 2.39. The Bertz CT molecular complexity index is 1340. The Hall–Kier alpha value is -4.33. The van der Waals surface area contributed by atoms with Crippen molar-refractivity contribution in [2.24, 2.45) is 11.8 Å². The monoisotopic (exact) mass is 576 g/mol. The summed E-state index contributed by atoms with van der Waals surface area (Å²) >= 11 is 0. The van der Waals surface area contributed by atoms with Gasteiger partial charge in [-0.3, -0.25) is 0 Å². The third-order valence-corrected chi connectivity index (χ3v) is 7.24. The van der Waals surface area contributed by atoms with Crippen molar-refractivity contribution >= 4 is 30.1 Å². The van der Waals surface area contributed by atoms with E-state index < -0.39 is 30.1 Å². The topological polar surface area (TPSA) is 78.9 Å². The van der Waals surface area contributed by atoms with Crippen molar-refractivity contribution in [2.45, 2.75) is 57.3 Å². The second-order valence-electron chi connectivity index (χ2n) is 10.5. The molecule has 0 N–H and O–H groups in total. The molecule has 220 valence electrons. The van der Waals surface area contributed by atoms with E-state index in [0.717, 1.165) is 12.8 Å². The average molecular weight is 577 g/mol. The number of fused-ring (bicyclic) bond motifs is 1. The summed E-state index contributed by atoms with van der Waals surface area (Å²) in [6, 6.07) is 11.4. The van der Waals surface area contributed by atoms with Gasteiger partial charge in [-0.05, 0) is 98.6 Å². The molecule has 1 heterocycles. The summed E-state index contributed by atoms with van der Waals surface area (Å²) < 4.78 is 43.4. The molecule has 0 amide bonds. The first-order valence-electron chi connectivity index (χ1n) is 14.1. The number of ether oxygens (including phenoxy) is 3. The molecule has 0 saturated heterocycles. The summed E-state index contributed by atoms with van der Waals surface area (Å²) in [7, 11) is 0. The van der Waals surface area contributed by atoms with E-state index in [1.165, 1.54) is 66.8 Å².